The molecular weight excluding hydrogens is 336 g/mol. The van der Waals surface area contributed by atoms with E-state index in [0.29, 0.717) is 17.2 Å². The van der Waals surface area contributed by atoms with E-state index in [1.165, 1.54) is 21.9 Å². The molecule has 136 valence electrons. The molecule has 27 heavy (non-hydrogen) atoms. The predicted molar refractivity (Wildman–Crippen MR) is 110 cm³/mol. The predicted octanol–water partition coefficient (Wildman–Crippen LogP) is 5.61. The zero-order valence-electron chi connectivity index (χ0n) is 15.8. The Balaban J connectivity index is 2.11. The first-order chi connectivity index (χ1) is 13.3. The van der Waals surface area contributed by atoms with Crippen LogP contribution in [0.4, 0.5) is 0 Å². The molecule has 0 fully saturated rings. The SMILES string of the molecule is COc1cc2c(c(Cc3ccccc3)cc3ccccc32)c(OC)c1OC. The fourth-order valence-corrected chi connectivity index (χ4v) is 3.77. The molecule has 0 aliphatic carbocycles. The van der Waals surface area contributed by atoms with Gasteiger partial charge in [-0.3, -0.25) is 0 Å². The van der Waals surface area contributed by atoms with Gasteiger partial charge in [-0.1, -0.05) is 60.7 Å². The Bertz CT molecular complexity index is 1100. The maximum atomic E-state index is 5.81. The van der Waals surface area contributed by atoms with Crippen LogP contribution < -0.4 is 14.2 Å². The fourth-order valence-electron chi connectivity index (χ4n) is 3.77. The lowest BCUT2D eigenvalue weighted by Gasteiger charge is -2.19. The number of methoxy groups -OCH3 is 3. The van der Waals surface area contributed by atoms with Crippen molar-refractivity contribution in [3.05, 3.63) is 77.9 Å². The molecule has 0 heterocycles. The second-order valence-electron chi connectivity index (χ2n) is 6.49. The topological polar surface area (TPSA) is 27.7 Å². The van der Waals surface area contributed by atoms with Crippen molar-refractivity contribution in [1.29, 1.82) is 0 Å². The summed E-state index contributed by atoms with van der Waals surface area (Å²) in [5.74, 6) is 2.00. The summed E-state index contributed by atoms with van der Waals surface area (Å²) in [7, 11) is 4.97. The van der Waals surface area contributed by atoms with Crippen LogP contribution in [0.2, 0.25) is 0 Å². The van der Waals surface area contributed by atoms with Gasteiger partial charge in [0, 0.05) is 5.39 Å². The van der Waals surface area contributed by atoms with Gasteiger partial charge in [-0.15, -0.1) is 0 Å². The molecule has 0 aliphatic rings. The summed E-state index contributed by atoms with van der Waals surface area (Å²) >= 11 is 0. The number of fused-ring (bicyclic) bond motifs is 3. The summed E-state index contributed by atoms with van der Waals surface area (Å²) in [6.45, 7) is 0. The average Bonchev–Trinajstić information content (AvgIpc) is 2.72. The van der Waals surface area contributed by atoms with E-state index in [9.17, 15) is 0 Å². The Morgan fingerprint density at radius 2 is 1.37 bits per heavy atom. The van der Waals surface area contributed by atoms with Crippen molar-refractivity contribution in [2.75, 3.05) is 21.3 Å². The highest BCUT2D eigenvalue weighted by atomic mass is 16.5. The smallest absolute Gasteiger partial charge is 0.203 e. The monoisotopic (exact) mass is 358 g/mol. The molecule has 4 rings (SSSR count). The van der Waals surface area contributed by atoms with Crippen LogP contribution in [-0.2, 0) is 6.42 Å². The lowest BCUT2D eigenvalue weighted by molar-refractivity contribution is 0.327. The van der Waals surface area contributed by atoms with E-state index in [0.717, 1.165) is 17.2 Å². The lowest BCUT2D eigenvalue weighted by atomic mass is 9.92. The average molecular weight is 358 g/mol. The number of rotatable bonds is 5. The standard InChI is InChI=1S/C24H22O3/c1-25-21-15-20-19-12-8-7-11-17(19)14-18(13-16-9-5-4-6-10-16)22(20)24(27-3)23(21)26-2/h4-12,14-15H,13H2,1-3H3. The minimum absolute atomic E-state index is 0.622. The molecule has 3 nitrogen and oxygen atoms in total. The van der Waals surface area contributed by atoms with E-state index >= 15 is 0 Å². The normalized spacial score (nSPS) is 10.9. The molecule has 0 aliphatic heterocycles. The molecule has 0 bridgehead atoms. The van der Waals surface area contributed by atoms with Gasteiger partial charge in [0.25, 0.3) is 0 Å². The summed E-state index contributed by atoms with van der Waals surface area (Å²) in [6.07, 6.45) is 0.814. The molecule has 0 amide bonds. The molecule has 4 aromatic rings. The van der Waals surface area contributed by atoms with E-state index in [2.05, 4.69) is 54.6 Å². The number of hydrogen-bond acceptors (Lipinski definition) is 3. The van der Waals surface area contributed by atoms with Gasteiger partial charge < -0.3 is 14.2 Å². The van der Waals surface area contributed by atoms with Gasteiger partial charge in [0.15, 0.2) is 11.5 Å². The second-order valence-corrected chi connectivity index (χ2v) is 6.49. The molecular formula is C24H22O3. The van der Waals surface area contributed by atoms with Crippen LogP contribution in [0.25, 0.3) is 21.5 Å². The number of benzene rings is 4. The van der Waals surface area contributed by atoms with Crippen molar-refractivity contribution in [2.24, 2.45) is 0 Å². The van der Waals surface area contributed by atoms with Crippen LogP contribution in [0.3, 0.4) is 0 Å². The van der Waals surface area contributed by atoms with Crippen LogP contribution in [-0.4, -0.2) is 21.3 Å². The maximum absolute atomic E-state index is 5.81. The largest absolute Gasteiger partial charge is 0.493 e. The Hall–Kier alpha value is -3.20. The quantitative estimate of drug-likeness (QED) is 0.434. The van der Waals surface area contributed by atoms with Crippen LogP contribution in [0, 0.1) is 0 Å². The summed E-state index contributed by atoms with van der Waals surface area (Å²) in [4.78, 5) is 0. The van der Waals surface area contributed by atoms with Crippen LogP contribution >= 0.6 is 0 Å². The van der Waals surface area contributed by atoms with E-state index in [-0.39, 0.29) is 0 Å². The first-order valence-electron chi connectivity index (χ1n) is 8.94. The zero-order valence-corrected chi connectivity index (χ0v) is 15.8. The third kappa shape index (κ3) is 2.95. The highest BCUT2D eigenvalue weighted by Crippen LogP contribution is 2.47. The molecule has 0 saturated heterocycles. The molecule has 0 radical (unpaired) electrons. The van der Waals surface area contributed by atoms with Gasteiger partial charge in [0.05, 0.1) is 21.3 Å². The van der Waals surface area contributed by atoms with Crippen LogP contribution in [0.1, 0.15) is 11.1 Å². The number of hydrogen-bond donors (Lipinski definition) is 0. The Kier molecular flexibility index (Phi) is 4.59. The molecule has 0 aromatic heterocycles. The molecule has 4 aromatic carbocycles. The van der Waals surface area contributed by atoms with Crippen molar-refractivity contribution >= 4 is 21.5 Å². The van der Waals surface area contributed by atoms with Crippen LogP contribution in [0.15, 0.2) is 66.7 Å². The summed E-state index contributed by atoms with van der Waals surface area (Å²) in [6, 6.07) is 23.2. The molecule has 0 saturated carbocycles. The van der Waals surface area contributed by atoms with Gasteiger partial charge >= 0.3 is 0 Å². The van der Waals surface area contributed by atoms with E-state index in [1.54, 1.807) is 21.3 Å². The van der Waals surface area contributed by atoms with Gasteiger partial charge in [-0.25, -0.2) is 0 Å². The third-order valence-corrected chi connectivity index (χ3v) is 4.97. The molecule has 3 heteroatoms. The van der Waals surface area contributed by atoms with Crippen molar-refractivity contribution in [2.45, 2.75) is 6.42 Å². The van der Waals surface area contributed by atoms with Gasteiger partial charge in [-0.05, 0) is 39.8 Å². The third-order valence-electron chi connectivity index (χ3n) is 4.97. The first-order valence-corrected chi connectivity index (χ1v) is 8.94. The second kappa shape index (κ2) is 7.20. The van der Waals surface area contributed by atoms with Crippen molar-refractivity contribution in [3.63, 3.8) is 0 Å². The first kappa shape index (κ1) is 17.2. The molecule has 0 spiro atoms. The fraction of sp³-hybridized carbons (Fsp3) is 0.167. The molecule has 0 N–H and O–H groups in total. The van der Waals surface area contributed by atoms with Crippen molar-refractivity contribution in [3.8, 4) is 17.2 Å². The highest BCUT2D eigenvalue weighted by Gasteiger charge is 2.20. The van der Waals surface area contributed by atoms with Crippen molar-refractivity contribution in [1.82, 2.24) is 0 Å². The van der Waals surface area contributed by atoms with Crippen LogP contribution in [0.5, 0.6) is 17.2 Å². The Morgan fingerprint density at radius 1 is 0.667 bits per heavy atom. The van der Waals surface area contributed by atoms with Gasteiger partial charge in [0.2, 0.25) is 5.75 Å². The van der Waals surface area contributed by atoms with Gasteiger partial charge in [-0.2, -0.15) is 0 Å². The Morgan fingerprint density at radius 3 is 2.07 bits per heavy atom. The summed E-state index contributed by atoms with van der Waals surface area (Å²) in [5.41, 5.74) is 2.46. The Labute approximate surface area is 159 Å². The van der Waals surface area contributed by atoms with E-state index < -0.39 is 0 Å². The highest BCUT2D eigenvalue weighted by molar-refractivity contribution is 6.12. The molecule has 0 atom stereocenters. The minimum atomic E-state index is 0.622. The zero-order chi connectivity index (χ0) is 18.8. The van der Waals surface area contributed by atoms with E-state index in [1.807, 2.05) is 12.1 Å². The number of ether oxygens (including phenoxy) is 3. The van der Waals surface area contributed by atoms with Crippen molar-refractivity contribution < 1.29 is 14.2 Å². The minimum Gasteiger partial charge on any atom is -0.493 e. The molecule has 0 unspecified atom stereocenters. The summed E-state index contributed by atoms with van der Waals surface area (Å²) < 4.78 is 17.0. The lowest BCUT2D eigenvalue weighted by Crippen LogP contribution is -1.99. The van der Waals surface area contributed by atoms with E-state index in [4.69, 9.17) is 14.2 Å². The maximum Gasteiger partial charge on any atom is 0.203 e. The van der Waals surface area contributed by atoms with Gasteiger partial charge in [0.1, 0.15) is 0 Å². The summed E-state index contributed by atoms with van der Waals surface area (Å²) in [5, 5.41) is 4.54.